The first-order valence-corrected chi connectivity index (χ1v) is 4.48. The molecule has 0 aliphatic carbocycles. The Morgan fingerprint density at radius 1 is 1.62 bits per heavy atom. The van der Waals surface area contributed by atoms with E-state index in [1.54, 1.807) is 0 Å². The summed E-state index contributed by atoms with van der Waals surface area (Å²) in [5.74, 6) is 5.01. The zero-order valence-electron chi connectivity index (χ0n) is 7.35. The maximum atomic E-state index is 12.9. The maximum absolute atomic E-state index is 12.9. The molecule has 0 heterocycles. The molecule has 1 unspecified atom stereocenters. The summed E-state index contributed by atoms with van der Waals surface area (Å²) in [7, 11) is 0. The quantitative estimate of drug-likeness (QED) is 0.584. The van der Waals surface area contributed by atoms with Crippen molar-refractivity contribution in [3.05, 3.63) is 34.6 Å². The fourth-order valence-electron chi connectivity index (χ4n) is 1.21. The number of rotatable bonds is 3. The molecule has 2 nitrogen and oxygen atoms in total. The minimum atomic E-state index is -0.298. The van der Waals surface area contributed by atoms with Gasteiger partial charge in [-0.25, -0.2) is 4.39 Å². The normalized spacial score (nSPS) is 12.9. The van der Waals surface area contributed by atoms with E-state index >= 15 is 0 Å². The zero-order valence-corrected chi connectivity index (χ0v) is 8.11. The van der Waals surface area contributed by atoms with E-state index in [-0.39, 0.29) is 11.9 Å². The molecule has 0 aliphatic heterocycles. The summed E-state index contributed by atoms with van der Waals surface area (Å²) in [6.07, 6.45) is 0.764. The van der Waals surface area contributed by atoms with E-state index in [1.807, 2.05) is 6.92 Å². The molecule has 0 radical (unpaired) electrons. The Morgan fingerprint density at radius 3 is 2.85 bits per heavy atom. The first-order valence-electron chi connectivity index (χ1n) is 4.10. The summed E-state index contributed by atoms with van der Waals surface area (Å²) in [5.41, 5.74) is 3.29. The van der Waals surface area contributed by atoms with Crippen LogP contribution < -0.4 is 11.3 Å². The first kappa shape index (κ1) is 10.4. The van der Waals surface area contributed by atoms with Crippen molar-refractivity contribution in [3.63, 3.8) is 0 Å². The van der Waals surface area contributed by atoms with Gasteiger partial charge in [-0.1, -0.05) is 18.5 Å². The molecule has 1 atom stereocenters. The number of hydrogen-bond donors (Lipinski definition) is 2. The lowest BCUT2D eigenvalue weighted by Gasteiger charge is -2.15. The minimum Gasteiger partial charge on any atom is -0.271 e. The first-order chi connectivity index (χ1) is 6.19. The van der Waals surface area contributed by atoms with Crippen molar-refractivity contribution in [1.29, 1.82) is 0 Å². The summed E-state index contributed by atoms with van der Waals surface area (Å²) in [5, 5.41) is 0.534. The standard InChI is InChI=1S/C9H12ClFN2/c1-2-9(13-12)7-5-6(11)3-4-8(7)10/h3-5,9,13H,2,12H2,1H3. The lowest BCUT2D eigenvalue weighted by atomic mass is 10.1. The van der Waals surface area contributed by atoms with Crippen molar-refractivity contribution in [2.45, 2.75) is 19.4 Å². The minimum absolute atomic E-state index is 0.0943. The van der Waals surface area contributed by atoms with Gasteiger partial charge in [-0.05, 0) is 30.2 Å². The van der Waals surface area contributed by atoms with E-state index in [9.17, 15) is 4.39 Å². The summed E-state index contributed by atoms with van der Waals surface area (Å²) in [6.45, 7) is 1.95. The zero-order chi connectivity index (χ0) is 9.84. The molecule has 0 amide bonds. The predicted octanol–water partition coefficient (Wildman–Crippen LogP) is 2.39. The molecule has 1 aromatic carbocycles. The van der Waals surface area contributed by atoms with E-state index in [0.29, 0.717) is 10.6 Å². The number of nitrogens with two attached hydrogens (primary N) is 1. The van der Waals surface area contributed by atoms with E-state index in [0.717, 1.165) is 6.42 Å². The van der Waals surface area contributed by atoms with E-state index in [4.69, 9.17) is 17.4 Å². The van der Waals surface area contributed by atoms with Crippen LogP contribution in [0.3, 0.4) is 0 Å². The van der Waals surface area contributed by atoms with Gasteiger partial charge in [0.25, 0.3) is 0 Å². The van der Waals surface area contributed by atoms with Gasteiger partial charge >= 0.3 is 0 Å². The fraction of sp³-hybridized carbons (Fsp3) is 0.333. The maximum Gasteiger partial charge on any atom is 0.123 e. The highest BCUT2D eigenvalue weighted by molar-refractivity contribution is 6.31. The predicted molar refractivity (Wildman–Crippen MR) is 51.8 cm³/mol. The van der Waals surface area contributed by atoms with Crippen molar-refractivity contribution in [1.82, 2.24) is 5.43 Å². The molecule has 0 bridgehead atoms. The van der Waals surface area contributed by atoms with Crippen molar-refractivity contribution in [2.24, 2.45) is 5.84 Å². The van der Waals surface area contributed by atoms with Gasteiger partial charge in [-0.2, -0.15) is 0 Å². The molecule has 0 spiro atoms. The van der Waals surface area contributed by atoms with Crippen LogP contribution in [0.1, 0.15) is 24.9 Å². The Morgan fingerprint density at radius 2 is 2.31 bits per heavy atom. The fourth-order valence-corrected chi connectivity index (χ4v) is 1.46. The number of halogens is 2. The molecule has 0 fully saturated rings. The number of hydrazine groups is 1. The van der Waals surface area contributed by atoms with Crippen LogP contribution in [0.5, 0.6) is 0 Å². The average molecular weight is 203 g/mol. The summed E-state index contributed by atoms with van der Waals surface area (Å²) >= 11 is 5.89. The molecule has 3 N–H and O–H groups in total. The van der Waals surface area contributed by atoms with Gasteiger partial charge in [-0.15, -0.1) is 0 Å². The topological polar surface area (TPSA) is 38.0 Å². The second-order valence-corrected chi connectivity index (χ2v) is 3.20. The Balaban J connectivity index is 3.03. The van der Waals surface area contributed by atoms with Crippen LogP contribution in [0.25, 0.3) is 0 Å². The molecule has 1 rings (SSSR count). The highest BCUT2D eigenvalue weighted by atomic mass is 35.5. The van der Waals surface area contributed by atoms with E-state index in [2.05, 4.69) is 5.43 Å². The lowest BCUT2D eigenvalue weighted by molar-refractivity contribution is 0.533. The van der Waals surface area contributed by atoms with Crippen LogP contribution in [0, 0.1) is 5.82 Å². The number of hydrogen-bond acceptors (Lipinski definition) is 2. The molecular formula is C9H12ClFN2. The van der Waals surface area contributed by atoms with Gasteiger partial charge < -0.3 is 0 Å². The van der Waals surface area contributed by atoms with Crippen molar-refractivity contribution in [3.8, 4) is 0 Å². The second-order valence-electron chi connectivity index (χ2n) is 2.79. The van der Waals surface area contributed by atoms with Crippen LogP contribution in [0.2, 0.25) is 5.02 Å². The van der Waals surface area contributed by atoms with Crippen LogP contribution in [0.15, 0.2) is 18.2 Å². The smallest absolute Gasteiger partial charge is 0.123 e. The Labute approximate surface area is 81.9 Å². The third-order valence-electron chi connectivity index (χ3n) is 1.94. The summed E-state index contributed by atoms with van der Waals surface area (Å²) in [4.78, 5) is 0. The van der Waals surface area contributed by atoms with Crippen LogP contribution in [-0.2, 0) is 0 Å². The molecule has 72 valence electrons. The number of benzene rings is 1. The van der Waals surface area contributed by atoms with Crippen LogP contribution >= 0.6 is 11.6 Å². The lowest BCUT2D eigenvalue weighted by Crippen LogP contribution is -2.27. The van der Waals surface area contributed by atoms with Gasteiger partial charge in [-0.3, -0.25) is 11.3 Å². The van der Waals surface area contributed by atoms with Gasteiger partial charge in [0.2, 0.25) is 0 Å². The third-order valence-corrected chi connectivity index (χ3v) is 2.29. The van der Waals surface area contributed by atoms with Crippen LogP contribution in [0.4, 0.5) is 4.39 Å². The third kappa shape index (κ3) is 2.40. The van der Waals surface area contributed by atoms with Crippen molar-refractivity contribution < 1.29 is 4.39 Å². The Bertz CT molecular complexity index is 287. The molecule has 0 saturated heterocycles. The van der Waals surface area contributed by atoms with E-state index in [1.165, 1.54) is 18.2 Å². The molecule has 1 aromatic rings. The largest absolute Gasteiger partial charge is 0.271 e. The summed E-state index contributed by atoms with van der Waals surface area (Å²) in [6, 6.07) is 4.17. The Kier molecular flexibility index (Phi) is 3.66. The van der Waals surface area contributed by atoms with Crippen molar-refractivity contribution in [2.75, 3.05) is 0 Å². The monoisotopic (exact) mass is 202 g/mol. The Hall–Kier alpha value is -0.640. The van der Waals surface area contributed by atoms with Gasteiger partial charge in [0.1, 0.15) is 5.82 Å². The molecule has 0 aliphatic rings. The number of nitrogens with one attached hydrogen (secondary N) is 1. The van der Waals surface area contributed by atoms with Gasteiger partial charge in [0.05, 0.1) is 0 Å². The van der Waals surface area contributed by atoms with Crippen LogP contribution in [-0.4, -0.2) is 0 Å². The van der Waals surface area contributed by atoms with Gasteiger partial charge in [0.15, 0.2) is 0 Å². The highest BCUT2D eigenvalue weighted by Gasteiger charge is 2.11. The van der Waals surface area contributed by atoms with Gasteiger partial charge in [0, 0.05) is 11.1 Å². The van der Waals surface area contributed by atoms with E-state index < -0.39 is 0 Å². The second kappa shape index (κ2) is 4.56. The summed E-state index contributed by atoms with van der Waals surface area (Å²) < 4.78 is 12.9. The molecule has 13 heavy (non-hydrogen) atoms. The van der Waals surface area contributed by atoms with Crippen molar-refractivity contribution >= 4 is 11.6 Å². The average Bonchev–Trinajstić information content (AvgIpc) is 2.13. The molecular weight excluding hydrogens is 191 g/mol. The molecule has 0 saturated carbocycles. The molecule has 4 heteroatoms. The SMILES string of the molecule is CCC(NN)c1cc(F)ccc1Cl. The molecule has 0 aromatic heterocycles. The highest BCUT2D eigenvalue weighted by Crippen LogP contribution is 2.25.